The molecule has 1 aromatic heterocycles. The summed E-state index contributed by atoms with van der Waals surface area (Å²) in [6, 6.07) is 17.0. The van der Waals surface area contributed by atoms with E-state index in [9.17, 15) is 14.4 Å². The van der Waals surface area contributed by atoms with E-state index < -0.39 is 17.5 Å². The van der Waals surface area contributed by atoms with E-state index in [-0.39, 0.29) is 24.3 Å². The molecule has 1 heterocycles. The maximum absolute atomic E-state index is 13.9. The number of fused-ring (bicyclic) bond motifs is 1. The van der Waals surface area contributed by atoms with Crippen molar-refractivity contribution in [3.63, 3.8) is 0 Å². The first kappa shape index (κ1) is 29.1. The molecule has 3 rings (SSSR count). The smallest absolute Gasteiger partial charge is 0.243 e. The lowest BCUT2D eigenvalue weighted by atomic mass is 9.95. The van der Waals surface area contributed by atoms with E-state index in [1.807, 2.05) is 62.4 Å². The highest BCUT2D eigenvalue weighted by molar-refractivity contribution is 7.17. The third kappa shape index (κ3) is 8.26. The summed E-state index contributed by atoms with van der Waals surface area (Å²) in [4.78, 5) is 40.8. The lowest BCUT2D eigenvalue weighted by Crippen LogP contribution is -2.51. The van der Waals surface area contributed by atoms with Crippen molar-refractivity contribution < 1.29 is 14.4 Å². The summed E-state index contributed by atoms with van der Waals surface area (Å²) in [6.07, 6.45) is 4.59. The molecule has 0 aliphatic carbocycles. The highest BCUT2D eigenvalue weighted by atomic mass is 32.1. The molecule has 0 saturated carbocycles. The van der Waals surface area contributed by atoms with Gasteiger partial charge >= 0.3 is 0 Å². The third-order valence-electron chi connectivity index (χ3n) is 6.45. The number of thiophene rings is 1. The molecule has 0 aliphatic rings. The lowest BCUT2D eigenvalue weighted by molar-refractivity contribution is -0.141. The number of likely N-dealkylation sites (N-methyl/N-ethyl adjacent to an activating group) is 2. The highest BCUT2D eigenvalue weighted by Crippen LogP contribution is 2.28. The van der Waals surface area contributed by atoms with Gasteiger partial charge in [-0.05, 0) is 60.7 Å². The fourth-order valence-corrected chi connectivity index (χ4v) is 5.28. The Morgan fingerprint density at radius 1 is 1.05 bits per heavy atom. The van der Waals surface area contributed by atoms with E-state index in [0.717, 1.165) is 21.2 Å². The number of nitrogens with two attached hydrogens (primary N) is 1. The second-order valence-corrected chi connectivity index (χ2v) is 11.2. The molecule has 0 bridgehead atoms. The summed E-state index contributed by atoms with van der Waals surface area (Å²) in [5, 5.41) is 8.75. The highest BCUT2D eigenvalue weighted by Gasteiger charge is 2.31. The molecule has 0 aliphatic heterocycles. The monoisotopic (exact) mass is 534 g/mol. The van der Waals surface area contributed by atoms with Gasteiger partial charge in [0.25, 0.3) is 0 Å². The van der Waals surface area contributed by atoms with Crippen LogP contribution in [0.1, 0.15) is 31.4 Å². The average Bonchev–Trinajstić information content (AvgIpc) is 3.31. The van der Waals surface area contributed by atoms with Crippen molar-refractivity contribution in [3.05, 3.63) is 83.3 Å². The number of hydrogen-bond donors (Lipinski definition) is 3. The maximum atomic E-state index is 13.9. The number of benzene rings is 2. The Labute approximate surface area is 229 Å². The lowest BCUT2D eigenvalue weighted by Gasteiger charge is -2.30. The minimum atomic E-state index is -0.681. The Balaban J connectivity index is 1.82. The number of nitrogens with zero attached hydrogens (tertiary/aromatic N) is 1. The van der Waals surface area contributed by atoms with Crippen LogP contribution in [0.15, 0.2) is 72.1 Å². The predicted molar refractivity (Wildman–Crippen MR) is 155 cm³/mol. The maximum Gasteiger partial charge on any atom is 0.243 e. The molecule has 0 fully saturated rings. The number of hydrogen-bond acceptors (Lipinski definition) is 5. The van der Waals surface area contributed by atoms with E-state index in [4.69, 9.17) is 5.73 Å². The molecular weight excluding hydrogens is 496 g/mol. The van der Waals surface area contributed by atoms with Gasteiger partial charge in [0.05, 0.1) is 5.92 Å². The van der Waals surface area contributed by atoms with E-state index in [2.05, 4.69) is 22.1 Å². The fourth-order valence-electron chi connectivity index (χ4n) is 4.31. The van der Waals surface area contributed by atoms with Crippen molar-refractivity contribution in [2.24, 2.45) is 11.7 Å². The molecular formula is C30H38N4O3S. The number of carbonyl (C=O) groups is 3. The topological polar surface area (TPSA) is 105 Å². The molecule has 8 heteroatoms. The van der Waals surface area contributed by atoms with Gasteiger partial charge in [-0.1, -0.05) is 54.6 Å². The molecule has 2 aromatic carbocycles. The van der Waals surface area contributed by atoms with Crippen molar-refractivity contribution >= 4 is 39.1 Å². The van der Waals surface area contributed by atoms with Gasteiger partial charge in [0.15, 0.2) is 0 Å². The first-order valence-corrected chi connectivity index (χ1v) is 13.7. The summed E-state index contributed by atoms with van der Waals surface area (Å²) < 4.78 is 1.14. The van der Waals surface area contributed by atoms with Crippen LogP contribution >= 0.6 is 11.3 Å². The zero-order chi connectivity index (χ0) is 27.7. The number of rotatable bonds is 12. The molecule has 0 saturated heterocycles. The third-order valence-corrected chi connectivity index (χ3v) is 7.46. The van der Waals surface area contributed by atoms with Crippen LogP contribution in [0, 0.1) is 5.92 Å². The van der Waals surface area contributed by atoms with Gasteiger partial charge in [-0.2, -0.15) is 0 Å². The van der Waals surface area contributed by atoms with Gasteiger partial charge in [0, 0.05) is 37.3 Å². The van der Waals surface area contributed by atoms with Crippen LogP contribution < -0.4 is 16.4 Å². The van der Waals surface area contributed by atoms with Crippen molar-refractivity contribution in [1.29, 1.82) is 0 Å². The minimum Gasteiger partial charge on any atom is -0.357 e. The molecule has 2 atom stereocenters. The normalized spacial score (nSPS) is 13.3. The summed E-state index contributed by atoms with van der Waals surface area (Å²) in [6.45, 7) is 3.93. The largest absolute Gasteiger partial charge is 0.357 e. The van der Waals surface area contributed by atoms with E-state index in [0.29, 0.717) is 19.3 Å². The van der Waals surface area contributed by atoms with Crippen LogP contribution in [0.3, 0.4) is 0 Å². The first-order valence-electron chi connectivity index (χ1n) is 12.8. The molecule has 0 spiro atoms. The van der Waals surface area contributed by atoms with E-state index in [1.54, 1.807) is 31.5 Å². The molecule has 0 radical (unpaired) electrons. The molecule has 4 N–H and O–H groups in total. The SMILES string of the molecule is CNC(=O)[C@@H](Cc1ccccc1)N(C)C(=O)[C@@H](CNC(=O)/C=C/CC(C)(C)N)Cc1csc2ccccc12. The first-order chi connectivity index (χ1) is 18.1. The van der Waals surface area contributed by atoms with Crippen molar-refractivity contribution in [2.75, 3.05) is 20.6 Å². The van der Waals surface area contributed by atoms with Crippen molar-refractivity contribution in [3.8, 4) is 0 Å². The predicted octanol–water partition coefficient (Wildman–Crippen LogP) is 3.68. The Bertz CT molecular complexity index is 1260. The van der Waals surface area contributed by atoms with Crippen LogP contribution in [-0.4, -0.2) is 54.8 Å². The number of amides is 3. The second-order valence-electron chi connectivity index (χ2n) is 10.3. The van der Waals surface area contributed by atoms with Gasteiger partial charge in [-0.3, -0.25) is 14.4 Å². The van der Waals surface area contributed by atoms with Crippen LogP contribution in [0.25, 0.3) is 10.1 Å². The molecule has 0 unspecified atom stereocenters. The van der Waals surface area contributed by atoms with Gasteiger partial charge in [-0.25, -0.2) is 0 Å². The molecule has 3 amide bonds. The Morgan fingerprint density at radius 2 is 1.74 bits per heavy atom. The quantitative estimate of drug-likeness (QED) is 0.308. The van der Waals surface area contributed by atoms with Crippen LogP contribution in [0.4, 0.5) is 0 Å². The van der Waals surface area contributed by atoms with Gasteiger partial charge in [0.1, 0.15) is 6.04 Å². The van der Waals surface area contributed by atoms with E-state index in [1.165, 1.54) is 11.0 Å². The number of carbonyl (C=O) groups excluding carboxylic acids is 3. The zero-order valence-electron chi connectivity index (χ0n) is 22.6. The summed E-state index contributed by atoms with van der Waals surface area (Å²) >= 11 is 1.63. The molecule has 7 nitrogen and oxygen atoms in total. The van der Waals surface area contributed by atoms with E-state index >= 15 is 0 Å². The van der Waals surface area contributed by atoms with Crippen LogP contribution in [-0.2, 0) is 27.2 Å². The van der Waals surface area contributed by atoms with Crippen LogP contribution in [0.2, 0.25) is 0 Å². The summed E-state index contributed by atoms with van der Waals surface area (Å²) in [5.74, 6) is -1.26. The Kier molecular flexibility index (Phi) is 10.2. The molecule has 3 aromatic rings. The average molecular weight is 535 g/mol. The van der Waals surface area contributed by atoms with Gasteiger partial charge in [-0.15, -0.1) is 11.3 Å². The van der Waals surface area contributed by atoms with Crippen molar-refractivity contribution in [1.82, 2.24) is 15.5 Å². The van der Waals surface area contributed by atoms with Gasteiger partial charge in [0.2, 0.25) is 17.7 Å². The van der Waals surface area contributed by atoms with Crippen LogP contribution in [0.5, 0.6) is 0 Å². The summed E-state index contributed by atoms with van der Waals surface area (Å²) in [7, 11) is 3.23. The standard InChI is InChI=1S/C30H38N4O3S/c1-30(2,31)16-10-15-27(35)33-19-22(18-23-20-38-26-14-9-8-13-24(23)26)29(37)34(4)25(28(36)32-3)17-21-11-6-5-7-12-21/h5-15,20,22,25H,16-19,31H2,1-4H3,(H,32,36)(H,33,35)/b15-10+/t22-,25-/m1/s1. The molecule has 202 valence electrons. The van der Waals surface area contributed by atoms with Gasteiger partial charge < -0.3 is 21.3 Å². The summed E-state index contributed by atoms with van der Waals surface area (Å²) in [5.41, 5.74) is 7.59. The Hall–Kier alpha value is -3.49. The minimum absolute atomic E-state index is 0.147. The van der Waals surface area contributed by atoms with Crippen molar-refractivity contribution in [2.45, 2.75) is 44.7 Å². The zero-order valence-corrected chi connectivity index (χ0v) is 23.4. The second kappa shape index (κ2) is 13.3. The number of nitrogens with one attached hydrogen (secondary N) is 2. The molecule has 38 heavy (non-hydrogen) atoms. The Morgan fingerprint density at radius 3 is 2.42 bits per heavy atom. The fraction of sp³-hybridized carbons (Fsp3) is 0.367.